The Kier molecular flexibility index (Phi) is 3.70. The molecule has 0 bridgehead atoms. The number of halogens is 1. The van der Waals surface area contributed by atoms with E-state index >= 15 is 0 Å². The van der Waals surface area contributed by atoms with Crippen molar-refractivity contribution >= 4 is 17.3 Å². The van der Waals surface area contributed by atoms with Crippen molar-refractivity contribution in [1.82, 2.24) is 20.2 Å². The lowest BCUT2D eigenvalue weighted by Gasteiger charge is -2.38. The molecule has 0 saturated carbocycles. The van der Waals surface area contributed by atoms with Crippen LogP contribution < -0.4 is 5.48 Å². The molecule has 1 aromatic heterocycles. The summed E-state index contributed by atoms with van der Waals surface area (Å²) in [6.07, 6.45) is 5.35. The molecule has 5 nitrogen and oxygen atoms in total. The maximum Gasteiger partial charge on any atom is 0.141 e. The number of nitrogens with zero attached hydrogens (tertiary/aromatic N) is 3. The van der Waals surface area contributed by atoms with Gasteiger partial charge in [-0.15, -0.1) is 0 Å². The fraction of sp³-hybridized carbons (Fsp3) is 0.375. The monoisotopic (exact) mass is 318 g/mol. The third-order valence-electron chi connectivity index (χ3n) is 4.01. The van der Waals surface area contributed by atoms with Gasteiger partial charge in [-0.2, -0.15) is 5.10 Å². The van der Waals surface area contributed by atoms with E-state index in [-0.39, 0.29) is 5.41 Å². The summed E-state index contributed by atoms with van der Waals surface area (Å²) in [6, 6.07) is 7.68. The number of rotatable bonds is 3. The standard InChI is InChI=1S/C16H19ClN4O/c1-15(2,3)16(9-21-11-18-10-19-21)8-14(20-22-16)12-4-6-13(17)7-5-12/h4-8,10-11,20H,9H2,1-3H3. The average Bonchev–Trinajstić information content (AvgIpc) is 3.10. The van der Waals surface area contributed by atoms with Crippen LogP contribution in [0.1, 0.15) is 26.3 Å². The largest absolute Gasteiger partial charge is 0.266 e. The smallest absolute Gasteiger partial charge is 0.141 e. The molecule has 1 unspecified atom stereocenters. The molecule has 0 amide bonds. The minimum atomic E-state index is -0.518. The van der Waals surface area contributed by atoms with Gasteiger partial charge in [-0.05, 0) is 29.2 Å². The summed E-state index contributed by atoms with van der Waals surface area (Å²) < 4.78 is 1.79. The van der Waals surface area contributed by atoms with Crippen molar-refractivity contribution in [2.45, 2.75) is 32.9 Å². The topological polar surface area (TPSA) is 52.0 Å². The quantitative estimate of drug-likeness (QED) is 0.943. The van der Waals surface area contributed by atoms with Crippen molar-refractivity contribution in [2.75, 3.05) is 0 Å². The van der Waals surface area contributed by atoms with E-state index in [2.05, 4.69) is 42.4 Å². The fourth-order valence-electron chi connectivity index (χ4n) is 2.45. The molecule has 1 aromatic carbocycles. The molecule has 1 aliphatic heterocycles. The Morgan fingerprint density at radius 3 is 2.59 bits per heavy atom. The summed E-state index contributed by atoms with van der Waals surface area (Å²) in [5, 5.41) is 4.91. The highest BCUT2D eigenvalue weighted by molar-refractivity contribution is 6.30. The first-order chi connectivity index (χ1) is 10.4. The molecule has 1 N–H and O–H groups in total. The average molecular weight is 319 g/mol. The highest BCUT2D eigenvalue weighted by Crippen LogP contribution is 2.41. The van der Waals surface area contributed by atoms with E-state index in [1.165, 1.54) is 6.33 Å². The first-order valence-corrected chi connectivity index (χ1v) is 7.53. The van der Waals surface area contributed by atoms with Crippen molar-refractivity contribution < 1.29 is 4.84 Å². The van der Waals surface area contributed by atoms with Gasteiger partial charge < -0.3 is 0 Å². The summed E-state index contributed by atoms with van der Waals surface area (Å²) in [4.78, 5) is 10.0. The summed E-state index contributed by atoms with van der Waals surface area (Å²) in [5.41, 5.74) is 4.39. The van der Waals surface area contributed by atoms with Gasteiger partial charge in [0.25, 0.3) is 0 Å². The highest BCUT2D eigenvalue weighted by Gasteiger charge is 2.46. The summed E-state index contributed by atoms with van der Waals surface area (Å²) in [5.74, 6) is 0. The summed E-state index contributed by atoms with van der Waals surface area (Å²) in [7, 11) is 0. The number of nitrogens with one attached hydrogen (secondary N) is 1. The Balaban J connectivity index is 1.96. The molecular weight excluding hydrogens is 300 g/mol. The Morgan fingerprint density at radius 1 is 1.27 bits per heavy atom. The first kappa shape index (κ1) is 15.1. The lowest BCUT2D eigenvalue weighted by atomic mass is 9.76. The molecule has 2 heterocycles. The number of hydrogen-bond acceptors (Lipinski definition) is 4. The molecule has 0 radical (unpaired) electrons. The SMILES string of the molecule is CC(C)(C)C1(Cn2cncn2)C=C(c2ccc(Cl)cc2)NO1. The van der Waals surface area contributed by atoms with E-state index in [4.69, 9.17) is 16.4 Å². The van der Waals surface area contributed by atoms with Gasteiger partial charge in [0.15, 0.2) is 0 Å². The molecule has 22 heavy (non-hydrogen) atoms. The number of hydrogen-bond donors (Lipinski definition) is 1. The Labute approximate surface area is 134 Å². The fourth-order valence-corrected chi connectivity index (χ4v) is 2.58. The van der Waals surface area contributed by atoms with Crippen LogP contribution in [0.4, 0.5) is 0 Å². The van der Waals surface area contributed by atoms with Gasteiger partial charge in [0, 0.05) is 5.02 Å². The number of benzene rings is 1. The van der Waals surface area contributed by atoms with Crippen LogP contribution in [0, 0.1) is 5.41 Å². The summed E-state index contributed by atoms with van der Waals surface area (Å²) >= 11 is 5.95. The van der Waals surface area contributed by atoms with E-state index in [1.807, 2.05) is 24.3 Å². The lowest BCUT2D eigenvalue weighted by Crippen LogP contribution is -2.46. The lowest BCUT2D eigenvalue weighted by molar-refractivity contribution is -0.111. The first-order valence-electron chi connectivity index (χ1n) is 7.15. The van der Waals surface area contributed by atoms with Crippen molar-refractivity contribution in [3.05, 3.63) is 53.6 Å². The van der Waals surface area contributed by atoms with Crippen LogP contribution in [0.25, 0.3) is 5.70 Å². The predicted octanol–water partition coefficient (Wildman–Crippen LogP) is 3.29. The van der Waals surface area contributed by atoms with Crippen LogP contribution in [0.5, 0.6) is 0 Å². The predicted molar refractivity (Wildman–Crippen MR) is 85.9 cm³/mol. The second-order valence-electron chi connectivity index (χ2n) is 6.50. The normalized spacial score (nSPS) is 21.5. The van der Waals surface area contributed by atoms with Gasteiger partial charge in [-0.25, -0.2) is 9.67 Å². The molecule has 1 aliphatic rings. The third kappa shape index (κ3) is 2.74. The van der Waals surface area contributed by atoms with Gasteiger partial charge in [-0.1, -0.05) is 44.5 Å². The van der Waals surface area contributed by atoms with E-state index in [9.17, 15) is 0 Å². The molecule has 1 atom stereocenters. The minimum Gasteiger partial charge on any atom is -0.266 e. The van der Waals surface area contributed by atoms with Crippen molar-refractivity contribution in [3.63, 3.8) is 0 Å². The number of hydroxylamine groups is 1. The zero-order valence-electron chi connectivity index (χ0n) is 12.9. The van der Waals surface area contributed by atoms with Gasteiger partial charge in [0.1, 0.15) is 18.3 Å². The molecule has 3 rings (SSSR count). The van der Waals surface area contributed by atoms with Gasteiger partial charge in [0.05, 0.1) is 12.2 Å². The summed E-state index contributed by atoms with van der Waals surface area (Å²) in [6.45, 7) is 7.02. The Morgan fingerprint density at radius 2 is 2.00 bits per heavy atom. The van der Waals surface area contributed by atoms with E-state index < -0.39 is 5.60 Å². The molecule has 0 spiro atoms. The van der Waals surface area contributed by atoms with Crippen LogP contribution >= 0.6 is 11.6 Å². The van der Waals surface area contributed by atoms with Gasteiger partial charge in [-0.3, -0.25) is 10.3 Å². The Bertz CT molecular complexity index is 673. The van der Waals surface area contributed by atoms with Crippen LogP contribution in [0.2, 0.25) is 5.02 Å². The molecule has 0 saturated heterocycles. The van der Waals surface area contributed by atoms with Crippen LogP contribution in [-0.4, -0.2) is 20.4 Å². The molecule has 2 aromatic rings. The molecular formula is C16H19ClN4O. The van der Waals surface area contributed by atoms with Crippen molar-refractivity contribution in [3.8, 4) is 0 Å². The third-order valence-corrected chi connectivity index (χ3v) is 4.26. The van der Waals surface area contributed by atoms with Crippen LogP contribution in [-0.2, 0) is 11.4 Å². The van der Waals surface area contributed by atoms with Crippen LogP contribution in [0.15, 0.2) is 43.0 Å². The van der Waals surface area contributed by atoms with E-state index in [0.29, 0.717) is 11.6 Å². The van der Waals surface area contributed by atoms with Crippen LogP contribution in [0.3, 0.4) is 0 Å². The molecule has 0 aliphatic carbocycles. The zero-order valence-corrected chi connectivity index (χ0v) is 13.6. The Hall–Kier alpha value is -1.85. The van der Waals surface area contributed by atoms with Gasteiger partial charge >= 0.3 is 0 Å². The van der Waals surface area contributed by atoms with Crippen molar-refractivity contribution in [1.29, 1.82) is 0 Å². The maximum atomic E-state index is 6.01. The second-order valence-corrected chi connectivity index (χ2v) is 6.94. The number of aromatic nitrogens is 3. The van der Waals surface area contributed by atoms with E-state index in [1.54, 1.807) is 11.0 Å². The zero-order chi connectivity index (χ0) is 15.8. The molecule has 116 valence electrons. The molecule has 0 fully saturated rings. The van der Waals surface area contributed by atoms with Gasteiger partial charge in [0.2, 0.25) is 0 Å². The van der Waals surface area contributed by atoms with Crippen molar-refractivity contribution in [2.24, 2.45) is 5.41 Å². The maximum absolute atomic E-state index is 6.01. The molecule has 6 heteroatoms. The second kappa shape index (κ2) is 5.41. The minimum absolute atomic E-state index is 0.125. The van der Waals surface area contributed by atoms with E-state index in [0.717, 1.165) is 11.3 Å². The highest BCUT2D eigenvalue weighted by atomic mass is 35.5.